The summed E-state index contributed by atoms with van der Waals surface area (Å²) >= 11 is 1.78. The third-order valence-corrected chi connectivity index (χ3v) is 6.71. The fourth-order valence-corrected chi connectivity index (χ4v) is 4.91. The molecule has 4 rings (SSSR count). The number of nitrogens with zero attached hydrogens (tertiary/aromatic N) is 6. The van der Waals surface area contributed by atoms with E-state index in [1.165, 1.54) is 21.7 Å². The van der Waals surface area contributed by atoms with Crippen molar-refractivity contribution in [3.63, 3.8) is 0 Å². The molecule has 0 bridgehead atoms. The van der Waals surface area contributed by atoms with Crippen LogP contribution in [-0.2, 0) is 5.54 Å². The Bertz CT molecular complexity index is 948. The molecule has 1 fully saturated rings. The van der Waals surface area contributed by atoms with Crippen LogP contribution in [0.4, 0.5) is 5.69 Å². The van der Waals surface area contributed by atoms with Gasteiger partial charge in [0.1, 0.15) is 6.04 Å². The predicted octanol–water partition coefficient (Wildman–Crippen LogP) is 4.02. The molecule has 1 saturated heterocycles. The molecule has 29 heavy (non-hydrogen) atoms. The van der Waals surface area contributed by atoms with Crippen LogP contribution in [0.5, 0.6) is 0 Å². The van der Waals surface area contributed by atoms with Crippen LogP contribution < -0.4 is 4.90 Å². The summed E-state index contributed by atoms with van der Waals surface area (Å²) in [7, 11) is 0. The Morgan fingerprint density at radius 1 is 1.00 bits per heavy atom. The summed E-state index contributed by atoms with van der Waals surface area (Å²) in [6.45, 7) is 14.8. The maximum Gasteiger partial charge on any atom is 0.174 e. The Labute approximate surface area is 177 Å². The lowest BCUT2D eigenvalue weighted by atomic mass is 10.1. The minimum atomic E-state index is -0.158. The number of hydrogen-bond acceptors (Lipinski definition) is 6. The normalized spacial score (nSPS) is 16.9. The molecule has 0 spiro atoms. The summed E-state index contributed by atoms with van der Waals surface area (Å²) < 4.78 is 1.98. The molecule has 1 aliphatic heterocycles. The molecule has 0 unspecified atom stereocenters. The molecule has 0 aliphatic carbocycles. The third-order valence-electron chi connectivity index (χ3n) is 5.78. The van der Waals surface area contributed by atoms with E-state index >= 15 is 0 Å². The van der Waals surface area contributed by atoms with Crippen LogP contribution in [-0.4, -0.2) is 51.3 Å². The number of thiophene rings is 1. The molecule has 0 N–H and O–H groups in total. The Kier molecular flexibility index (Phi) is 5.44. The van der Waals surface area contributed by atoms with Crippen LogP contribution in [0.25, 0.3) is 0 Å². The molecule has 0 radical (unpaired) electrons. The summed E-state index contributed by atoms with van der Waals surface area (Å²) in [4.78, 5) is 6.34. The van der Waals surface area contributed by atoms with Gasteiger partial charge < -0.3 is 4.90 Å². The van der Waals surface area contributed by atoms with Crippen LogP contribution in [0.15, 0.2) is 35.7 Å². The molecule has 3 aromatic rings. The fourth-order valence-electron chi connectivity index (χ4n) is 4.06. The van der Waals surface area contributed by atoms with Crippen LogP contribution in [0.1, 0.15) is 48.6 Å². The predicted molar refractivity (Wildman–Crippen MR) is 119 cm³/mol. The van der Waals surface area contributed by atoms with Crippen molar-refractivity contribution < 1.29 is 0 Å². The Balaban J connectivity index is 1.60. The second-order valence-corrected chi connectivity index (χ2v) is 9.76. The van der Waals surface area contributed by atoms with Crippen molar-refractivity contribution in [3.05, 3.63) is 57.5 Å². The van der Waals surface area contributed by atoms with Crippen molar-refractivity contribution in [1.29, 1.82) is 0 Å². The monoisotopic (exact) mass is 410 g/mol. The molecule has 3 heterocycles. The van der Waals surface area contributed by atoms with E-state index in [2.05, 4.69) is 95.7 Å². The van der Waals surface area contributed by atoms with E-state index in [1.54, 1.807) is 11.3 Å². The quantitative estimate of drug-likeness (QED) is 0.650. The van der Waals surface area contributed by atoms with Gasteiger partial charge in [-0.3, -0.25) is 4.90 Å². The minimum Gasteiger partial charge on any atom is -0.369 e. The van der Waals surface area contributed by atoms with Crippen molar-refractivity contribution in [2.45, 2.75) is 46.2 Å². The van der Waals surface area contributed by atoms with E-state index in [-0.39, 0.29) is 11.6 Å². The molecule has 1 atom stereocenters. The summed E-state index contributed by atoms with van der Waals surface area (Å²) in [6.07, 6.45) is 0. The average molecular weight is 411 g/mol. The summed E-state index contributed by atoms with van der Waals surface area (Å²) in [5.41, 5.74) is 3.93. The van der Waals surface area contributed by atoms with Crippen LogP contribution >= 0.6 is 11.3 Å². The Morgan fingerprint density at radius 2 is 1.76 bits per heavy atom. The van der Waals surface area contributed by atoms with Crippen LogP contribution in [0, 0.1) is 13.8 Å². The average Bonchev–Trinajstić information content (AvgIpc) is 3.37. The van der Waals surface area contributed by atoms with E-state index in [0.29, 0.717) is 0 Å². The lowest BCUT2D eigenvalue weighted by Crippen LogP contribution is -2.48. The summed E-state index contributed by atoms with van der Waals surface area (Å²) in [5, 5.41) is 15.0. The van der Waals surface area contributed by atoms with E-state index in [9.17, 15) is 0 Å². The molecule has 7 heteroatoms. The van der Waals surface area contributed by atoms with E-state index < -0.39 is 0 Å². The number of aromatic nitrogens is 4. The first-order valence-corrected chi connectivity index (χ1v) is 11.1. The number of aryl methyl sites for hydroxylation is 1. The zero-order chi connectivity index (χ0) is 20.6. The third kappa shape index (κ3) is 3.94. The Morgan fingerprint density at radius 3 is 2.41 bits per heavy atom. The molecule has 2 aromatic heterocycles. The van der Waals surface area contributed by atoms with Crippen molar-refractivity contribution >= 4 is 17.0 Å². The summed E-state index contributed by atoms with van der Waals surface area (Å²) in [6, 6.07) is 11.0. The molecule has 1 aliphatic rings. The SMILES string of the molecule is Cc1cccc(N2CCN([C@H](c3cccs3)c3nnnn3C(C)(C)C)CC2)c1C. The number of anilines is 1. The van der Waals surface area contributed by atoms with E-state index in [0.717, 1.165) is 32.0 Å². The van der Waals surface area contributed by atoms with Crippen molar-refractivity contribution in [1.82, 2.24) is 25.1 Å². The van der Waals surface area contributed by atoms with Gasteiger partial charge in [0, 0.05) is 36.7 Å². The first-order valence-electron chi connectivity index (χ1n) is 10.2. The highest BCUT2D eigenvalue weighted by molar-refractivity contribution is 7.10. The van der Waals surface area contributed by atoms with Gasteiger partial charge in [0.2, 0.25) is 0 Å². The van der Waals surface area contributed by atoms with Crippen molar-refractivity contribution in [2.75, 3.05) is 31.1 Å². The number of piperazine rings is 1. The number of hydrogen-bond donors (Lipinski definition) is 0. The maximum atomic E-state index is 4.47. The van der Waals surface area contributed by atoms with Crippen molar-refractivity contribution in [2.24, 2.45) is 0 Å². The molecular formula is C22H30N6S. The van der Waals surface area contributed by atoms with Crippen LogP contribution in [0.3, 0.4) is 0 Å². The zero-order valence-electron chi connectivity index (χ0n) is 18.0. The highest BCUT2D eigenvalue weighted by Gasteiger charge is 2.33. The molecule has 1 aromatic carbocycles. The van der Waals surface area contributed by atoms with Gasteiger partial charge in [0.15, 0.2) is 5.82 Å². The minimum absolute atomic E-state index is 0.0879. The standard InChI is InChI=1S/C22H30N6S/c1-16-8-6-9-18(17(16)2)26-11-13-27(14-12-26)20(19-10-7-15-29-19)21-23-24-25-28(21)22(3,4)5/h6-10,15,20H,11-14H2,1-5H3/t20-/m1/s1. The second-order valence-electron chi connectivity index (χ2n) is 8.78. The lowest BCUT2D eigenvalue weighted by molar-refractivity contribution is 0.194. The van der Waals surface area contributed by atoms with Gasteiger partial charge in [-0.2, -0.15) is 0 Å². The maximum absolute atomic E-state index is 4.47. The van der Waals surface area contributed by atoms with Gasteiger partial charge in [-0.15, -0.1) is 16.4 Å². The van der Waals surface area contributed by atoms with Gasteiger partial charge in [-0.25, -0.2) is 4.68 Å². The molecule has 6 nitrogen and oxygen atoms in total. The van der Waals surface area contributed by atoms with Gasteiger partial charge >= 0.3 is 0 Å². The highest BCUT2D eigenvalue weighted by atomic mass is 32.1. The second kappa shape index (κ2) is 7.88. The van der Waals surface area contributed by atoms with Gasteiger partial charge in [0.25, 0.3) is 0 Å². The lowest BCUT2D eigenvalue weighted by Gasteiger charge is -2.40. The first kappa shape index (κ1) is 20.0. The van der Waals surface area contributed by atoms with Gasteiger partial charge in [-0.1, -0.05) is 18.2 Å². The Hall–Kier alpha value is -2.25. The van der Waals surface area contributed by atoms with E-state index in [1.807, 2.05) is 4.68 Å². The highest BCUT2D eigenvalue weighted by Crippen LogP contribution is 2.34. The van der Waals surface area contributed by atoms with E-state index in [4.69, 9.17) is 0 Å². The van der Waals surface area contributed by atoms with Gasteiger partial charge in [-0.05, 0) is 73.7 Å². The van der Waals surface area contributed by atoms with Gasteiger partial charge in [0.05, 0.1) is 5.54 Å². The smallest absolute Gasteiger partial charge is 0.174 e. The first-order chi connectivity index (χ1) is 13.9. The number of benzene rings is 1. The topological polar surface area (TPSA) is 50.1 Å². The summed E-state index contributed by atoms with van der Waals surface area (Å²) in [5.74, 6) is 0.931. The zero-order valence-corrected chi connectivity index (χ0v) is 18.8. The van der Waals surface area contributed by atoms with Crippen molar-refractivity contribution in [3.8, 4) is 0 Å². The molecule has 0 amide bonds. The largest absolute Gasteiger partial charge is 0.369 e. The van der Waals surface area contributed by atoms with Crippen LogP contribution in [0.2, 0.25) is 0 Å². The molecular weight excluding hydrogens is 380 g/mol. The molecule has 154 valence electrons. The fraction of sp³-hybridized carbons (Fsp3) is 0.500. The number of rotatable bonds is 4. The molecule has 0 saturated carbocycles. The number of tetrazole rings is 1.